The maximum atomic E-state index is 4.68. The second kappa shape index (κ2) is 5.94. The average molecular weight is 361 g/mol. The molecule has 0 atom stereocenters. The van der Waals surface area contributed by atoms with Crippen molar-refractivity contribution in [1.29, 1.82) is 0 Å². The van der Waals surface area contributed by atoms with Crippen molar-refractivity contribution in [3.05, 3.63) is 83.1 Å². The van der Waals surface area contributed by atoms with E-state index in [1.165, 1.54) is 16.2 Å². The minimum atomic E-state index is 0.948. The van der Waals surface area contributed by atoms with Crippen LogP contribution in [0.5, 0.6) is 0 Å². The summed E-state index contributed by atoms with van der Waals surface area (Å²) in [6, 6.07) is 20.8. The molecule has 4 rings (SSSR count). The third kappa shape index (κ3) is 2.76. The molecule has 0 aliphatic heterocycles. The van der Waals surface area contributed by atoms with Crippen molar-refractivity contribution >= 4 is 49.4 Å². The Morgan fingerprint density at radius 2 is 1.78 bits per heavy atom. The highest BCUT2D eigenvalue weighted by Gasteiger charge is 2.05. The predicted octanol–water partition coefficient (Wildman–Crippen LogP) is 5.90. The quantitative estimate of drug-likeness (QED) is 0.322. The Morgan fingerprint density at radius 1 is 0.870 bits per heavy atom. The van der Waals surface area contributed by atoms with Gasteiger partial charge in [0.25, 0.3) is 0 Å². The average Bonchev–Trinajstić information content (AvgIpc) is 2.60. The van der Waals surface area contributed by atoms with Gasteiger partial charge in [0.2, 0.25) is 0 Å². The van der Waals surface area contributed by atoms with Crippen LogP contribution in [0.4, 0.5) is 5.69 Å². The molecule has 0 N–H and O–H groups in total. The summed E-state index contributed by atoms with van der Waals surface area (Å²) < 4.78 is 1.03. The molecule has 0 unspecified atom stereocenters. The number of nitrogens with zero attached hydrogens (tertiary/aromatic N) is 2. The lowest BCUT2D eigenvalue weighted by atomic mass is 10.0. The van der Waals surface area contributed by atoms with E-state index in [2.05, 4.69) is 68.4 Å². The first-order chi connectivity index (χ1) is 11.3. The molecule has 0 radical (unpaired) electrons. The van der Waals surface area contributed by atoms with Crippen LogP contribution in [-0.2, 0) is 0 Å². The van der Waals surface area contributed by atoms with E-state index in [4.69, 9.17) is 0 Å². The lowest BCUT2D eigenvalue weighted by Crippen LogP contribution is -1.83. The molecule has 0 aliphatic carbocycles. The highest BCUT2D eigenvalue weighted by molar-refractivity contribution is 9.10. The van der Waals surface area contributed by atoms with Gasteiger partial charge < -0.3 is 0 Å². The molecule has 3 heteroatoms. The summed E-state index contributed by atoms with van der Waals surface area (Å²) >= 11 is 3.61. The second-order valence-electron chi connectivity index (χ2n) is 5.35. The fourth-order valence-electron chi connectivity index (χ4n) is 2.77. The van der Waals surface area contributed by atoms with E-state index in [-0.39, 0.29) is 0 Å². The summed E-state index contributed by atoms with van der Waals surface area (Å²) in [5.74, 6) is 0. The summed E-state index contributed by atoms with van der Waals surface area (Å²) in [5.41, 5.74) is 1.94. The van der Waals surface area contributed by atoms with Crippen LogP contribution in [0.25, 0.3) is 21.5 Å². The fourth-order valence-corrected chi connectivity index (χ4v) is 3.21. The van der Waals surface area contributed by atoms with Gasteiger partial charge in [-0.15, -0.1) is 0 Å². The molecule has 0 saturated heterocycles. The van der Waals surface area contributed by atoms with Gasteiger partial charge in [-0.1, -0.05) is 58.4 Å². The van der Waals surface area contributed by atoms with Gasteiger partial charge in [0.15, 0.2) is 0 Å². The van der Waals surface area contributed by atoms with E-state index in [0.29, 0.717) is 0 Å². The molecule has 0 aliphatic rings. The predicted molar refractivity (Wildman–Crippen MR) is 101 cm³/mol. The molecule has 4 aromatic rings. The highest BCUT2D eigenvalue weighted by atomic mass is 79.9. The Labute approximate surface area is 142 Å². The van der Waals surface area contributed by atoms with Crippen molar-refractivity contribution in [2.24, 2.45) is 4.99 Å². The number of aromatic nitrogens is 1. The molecule has 3 aromatic carbocycles. The van der Waals surface area contributed by atoms with E-state index < -0.39 is 0 Å². The Bertz CT molecular complexity index is 1020. The molecule has 0 saturated carbocycles. The van der Waals surface area contributed by atoms with Crippen LogP contribution in [0.15, 0.2) is 82.5 Å². The Balaban J connectivity index is 1.93. The maximum Gasteiger partial charge on any atom is 0.0719 e. The SMILES string of the molecule is Brc1cc(N=Cc2cccnc2)c2ccc3ccccc3c2c1. The van der Waals surface area contributed by atoms with Crippen molar-refractivity contribution in [2.75, 3.05) is 0 Å². The van der Waals surface area contributed by atoms with Crippen molar-refractivity contribution in [1.82, 2.24) is 4.98 Å². The Morgan fingerprint density at radius 3 is 2.65 bits per heavy atom. The number of aliphatic imine (C=N–C) groups is 1. The molecule has 110 valence electrons. The molecule has 1 heterocycles. The lowest BCUT2D eigenvalue weighted by Gasteiger charge is -2.07. The van der Waals surface area contributed by atoms with E-state index in [9.17, 15) is 0 Å². The van der Waals surface area contributed by atoms with E-state index in [0.717, 1.165) is 21.1 Å². The first-order valence-electron chi connectivity index (χ1n) is 7.36. The number of halogens is 1. The minimum absolute atomic E-state index is 0.948. The van der Waals surface area contributed by atoms with Crippen LogP contribution in [0.1, 0.15) is 5.56 Å². The Kier molecular flexibility index (Phi) is 3.64. The van der Waals surface area contributed by atoms with Gasteiger partial charge in [0, 0.05) is 34.0 Å². The molecule has 0 amide bonds. The second-order valence-corrected chi connectivity index (χ2v) is 6.27. The van der Waals surface area contributed by atoms with Crippen LogP contribution >= 0.6 is 15.9 Å². The highest BCUT2D eigenvalue weighted by Crippen LogP contribution is 2.34. The summed E-state index contributed by atoms with van der Waals surface area (Å²) in [4.78, 5) is 8.79. The zero-order valence-corrected chi connectivity index (χ0v) is 13.9. The molecule has 2 nitrogen and oxygen atoms in total. The molecule has 0 bridgehead atoms. The third-order valence-electron chi connectivity index (χ3n) is 3.84. The van der Waals surface area contributed by atoms with Crippen LogP contribution in [0.3, 0.4) is 0 Å². The van der Waals surface area contributed by atoms with Crippen molar-refractivity contribution in [2.45, 2.75) is 0 Å². The zero-order chi connectivity index (χ0) is 15.6. The summed E-state index contributed by atoms with van der Waals surface area (Å²) in [7, 11) is 0. The van der Waals surface area contributed by atoms with Gasteiger partial charge >= 0.3 is 0 Å². The first kappa shape index (κ1) is 14.1. The van der Waals surface area contributed by atoms with Gasteiger partial charge in [-0.3, -0.25) is 9.98 Å². The van der Waals surface area contributed by atoms with Crippen LogP contribution in [0, 0.1) is 0 Å². The van der Waals surface area contributed by atoms with E-state index >= 15 is 0 Å². The smallest absolute Gasteiger partial charge is 0.0719 e. The number of benzene rings is 3. The number of pyridine rings is 1. The number of fused-ring (bicyclic) bond motifs is 3. The zero-order valence-electron chi connectivity index (χ0n) is 12.3. The molecular weight excluding hydrogens is 348 g/mol. The van der Waals surface area contributed by atoms with Crippen molar-refractivity contribution < 1.29 is 0 Å². The molecular formula is C20H13BrN2. The number of hydrogen-bond acceptors (Lipinski definition) is 2. The monoisotopic (exact) mass is 360 g/mol. The van der Waals surface area contributed by atoms with Gasteiger partial charge in [-0.05, 0) is 34.4 Å². The topological polar surface area (TPSA) is 25.2 Å². The van der Waals surface area contributed by atoms with Crippen molar-refractivity contribution in [3.63, 3.8) is 0 Å². The maximum absolute atomic E-state index is 4.68. The summed E-state index contributed by atoms with van der Waals surface area (Å²) in [6.45, 7) is 0. The van der Waals surface area contributed by atoms with Crippen molar-refractivity contribution in [3.8, 4) is 0 Å². The van der Waals surface area contributed by atoms with Crippen LogP contribution in [-0.4, -0.2) is 11.2 Å². The van der Waals surface area contributed by atoms with Crippen LogP contribution < -0.4 is 0 Å². The third-order valence-corrected chi connectivity index (χ3v) is 4.30. The normalized spacial score (nSPS) is 11.5. The van der Waals surface area contributed by atoms with Gasteiger partial charge in [0.1, 0.15) is 0 Å². The Hall–Kier alpha value is -2.52. The van der Waals surface area contributed by atoms with Gasteiger partial charge in [0.05, 0.1) is 5.69 Å². The van der Waals surface area contributed by atoms with Crippen LogP contribution in [0.2, 0.25) is 0 Å². The molecule has 1 aromatic heterocycles. The lowest BCUT2D eigenvalue weighted by molar-refractivity contribution is 1.32. The first-order valence-corrected chi connectivity index (χ1v) is 8.16. The van der Waals surface area contributed by atoms with E-state index in [1.807, 2.05) is 24.4 Å². The fraction of sp³-hybridized carbons (Fsp3) is 0. The summed E-state index contributed by atoms with van der Waals surface area (Å²) in [6.07, 6.45) is 5.42. The summed E-state index contributed by atoms with van der Waals surface area (Å²) in [5, 5.41) is 4.83. The van der Waals surface area contributed by atoms with E-state index in [1.54, 1.807) is 12.4 Å². The molecule has 23 heavy (non-hydrogen) atoms. The number of rotatable bonds is 2. The minimum Gasteiger partial charge on any atom is -0.264 e. The molecule has 0 fully saturated rings. The standard InChI is InChI=1S/C20H13BrN2/c21-16-10-19-17-6-2-1-5-15(17)7-8-18(19)20(11-16)23-13-14-4-3-9-22-12-14/h1-13H. The van der Waals surface area contributed by atoms with Gasteiger partial charge in [-0.25, -0.2) is 0 Å². The molecule has 0 spiro atoms. The number of hydrogen-bond donors (Lipinski definition) is 0. The van der Waals surface area contributed by atoms with Gasteiger partial charge in [-0.2, -0.15) is 0 Å². The largest absolute Gasteiger partial charge is 0.264 e.